The van der Waals surface area contributed by atoms with E-state index < -0.39 is 12.1 Å². The zero-order valence-corrected chi connectivity index (χ0v) is 9.02. The first-order chi connectivity index (χ1) is 7.47. The monoisotopic (exact) mass is 235 g/mol. The van der Waals surface area contributed by atoms with Crippen molar-refractivity contribution in [3.05, 3.63) is 0 Å². The lowest BCUT2D eigenvalue weighted by Crippen LogP contribution is -2.45. The van der Waals surface area contributed by atoms with Crippen molar-refractivity contribution in [3.63, 3.8) is 0 Å². The summed E-state index contributed by atoms with van der Waals surface area (Å²) in [6, 6.07) is -0.270. The van der Waals surface area contributed by atoms with E-state index in [0.29, 0.717) is 18.3 Å². The molecule has 0 aromatic rings. The molecule has 0 aliphatic heterocycles. The molecule has 0 saturated heterocycles. The summed E-state index contributed by atoms with van der Waals surface area (Å²) in [7, 11) is 0. The highest BCUT2D eigenvalue weighted by atomic mass is 19.4. The van der Waals surface area contributed by atoms with E-state index in [-0.39, 0.29) is 6.04 Å². The van der Waals surface area contributed by atoms with Gasteiger partial charge >= 0.3 is 12.1 Å². The number of nitrogens with one attached hydrogen (secondary N) is 1. The highest BCUT2D eigenvalue weighted by Crippen LogP contribution is 2.42. The van der Waals surface area contributed by atoms with Gasteiger partial charge in [-0.15, -0.1) is 0 Å². The minimum absolute atomic E-state index is 0.270. The third kappa shape index (κ3) is 2.50. The summed E-state index contributed by atoms with van der Waals surface area (Å²) >= 11 is 0. The van der Waals surface area contributed by atoms with Crippen LogP contribution in [0.2, 0.25) is 0 Å². The van der Waals surface area contributed by atoms with E-state index in [1.807, 2.05) is 0 Å². The van der Waals surface area contributed by atoms with Gasteiger partial charge in [-0.1, -0.05) is 19.3 Å². The summed E-state index contributed by atoms with van der Waals surface area (Å²) in [5, 5.41) is 2.11. The number of rotatable bonds is 1. The molecular formula is C11H16F3NO. The van der Waals surface area contributed by atoms with Gasteiger partial charge in [0.2, 0.25) is 0 Å². The molecule has 0 aromatic heterocycles. The Kier molecular flexibility index (Phi) is 3.13. The number of fused-ring (bicyclic) bond motifs is 1. The van der Waals surface area contributed by atoms with Crippen LogP contribution >= 0.6 is 0 Å². The van der Waals surface area contributed by atoms with Crippen molar-refractivity contribution in [2.75, 3.05) is 0 Å². The van der Waals surface area contributed by atoms with Crippen LogP contribution in [0.5, 0.6) is 0 Å². The maximum absolute atomic E-state index is 12.1. The molecule has 2 rings (SSSR count). The Morgan fingerprint density at radius 3 is 2.44 bits per heavy atom. The minimum Gasteiger partial charge on any atom is -0.346 e. The number of hydrogen-bond acceptors (Lipinski definition) is 1. The standard InChI is InChI=1S/C11H16F3NO/c12-11(13,14)10(16)15-9-5-4-7-2-1-3-8(7)6-9/h7-9H,1-6H2,(H,15,16)/t7-,8+,9+/m0/s1. The molecule has 2 saturated carbocycles. The topological polar surface area (TPSA) is 29.1 Å². The van der Waals surface area contributed by atoms with E-state index in [0.717, 1.165) is 19.3 Å². The lowest BCUT2D eigenvalue weighted by atomic mass is 9.79. The summed E-state index contributed by atoms with van der Waals surface area (Å²) in [6.07, 6.45) is 1.17. The number of hydrogen-bond donors (Lipinski definition) is 1. The molecule has 1 amide bonds. The number of carbonyl (C=O) groups excluding carboxylic acids is 1. The van der Waals surface area contributed by atoms with Gasteiger partial charge in [0.05, 0.1) is 0 Å². The fraction of sp³-hybridized carbons (Fsp3) is 0.909. The van der Waals surface area contributed by atoms with E-state index in [1.165, 1.54) is 12.8 Å². The number of alkyl halides is 3. The Hall–Kier alpha value is -0.740. The van der Waals surface area contributed by atoms with Crippen molar-refractivity contribution in [1.29, 1.82) is 0 Å². The second-order valence-electron chi connectivity index (χ2n) is 4.93. The molecule has 2 nitrogen and oxygen atoms in total. The summed E-state index contributed by atoms with van der Waals surface area (Å²) in [4.78, 5) is 10.8. The number of halogens is 3. The van der Waals surface area contributed by atoms with E-state index >= 15 is 0 Å². The van der Waals surface area contributed by atoms with Crippen LogP contribution in [0.4, 0.5) is 13.2 Å². The van der Waals surface area contributed by atoms with Crippen LogP contribution in [0.1, 0.15) is 38.5 Å². The molecule has 5 heteroatoms. The number of amides is 1. The molecule has 0 spiro atoms. The normalized spacial score (nSPS) is 34.6. The van der Waals surface area contributed by atoms with E-state index in [1.54, 1.807) is 0 Å². The molecule has 0 unspecified atom stereocenters. The first kappa shape index (κ1) is 11.7. The zero-order chi connectivity index (χ0) is 11.8. The van der Waals surface area contributed by atoms with Crippen molar-refractivity contribution in [2.24, 2.45) is 11.8 Å². The van der Waals surface area contributed by atoms with Gasteiger partial charge in [0.1, 0.15) is 0 Å². The molecule has 1 N–H and O–H groups in total. The zero-order valence-electron chi connectivity index (χ0n) is 9.02. The summed E-state index contributed by atoms with van der Waals surface area (Å²) < 4.78 is 36.2. The van der Waals surface area contributed by atoms with Gasteiger partial charge in [0.15, 0.2) is 0 Å². The van der Waals surface area contributed by atoms with Crippen molar-refractivity contribution < 1.29 is 18.0 Å². The van der Waals surface area contributed by atoms with Gasteiger partial charge in [-0.3, -0.25) is 4.79 Å². The molecule has 0 heterocycles. The van der Waals surface area contributed by atoms with Gasteiger partial charge in [0, 0.05) is 6.04 Å². The fourth-order valence-electron chi connectivity index (χ4n) is 3.10. The molecule has 92 valence electrons. The average molecular weight is 235 g/mol. The van der Waals surface area contributed by atoms with Crippen molar-refractivity contribution in [3.8, 4) is 0 Å². The Morgan fingerprint density at radius 1 is 1.06 bits per heavy atom. The Balaban J connectivity index is 1.85. The molecule has 3 atom stereocenters. The second kappa shape index (κ2) is 4.26. The van der Waals surface area contributed by atoms with Crippen LogP contribution < -0.4 is 5.32 Å². The Morgan fingerprint density at radius 2 is 1.75 bits per heavy atom. The third-order valence-corrected chi connectivity index (χ3v) is 3.88. The highest BCUT2D eigenvalue weighted by Gasteiger charge is 2.41. The summed E-state index contributed by atoms with van der Waals surface area (Å²) in [6.45, 7) is 0. The molecule has 0 bridgehead atoms. The van der Waals surface area contributed by atoms with E-state index in [9.17, 15) is 18.0 Å². The lowest BCUT2D eigenvalue weighted by molar-refractivity contribution is -0.174. The average Bonchev–Trinajstić information content (AvgIpc) is 2.63. The van der Waals surface area contributed by atoms with Gasteiger partial charge in [0.25, 0.3) is 0 Å². The van der Waals surface area contributed by atoms with Crippen LogP contribution in [0.3, 0.4) is 0 Å². The Labute approximate surface area is 92.6 Å². The van der Waals surface area contributed by atoms with E-state index in [2.05, 4.69) is 5.32 Å². The van der Waals surface area contributed by atoms with Gasteiger partial charge in [-0.2, -0.15) is 13.2 Å². The van der Waals surface area contributed by atoms with Crippen LogP contribution in [0, 0.1) is 11.8 Å². The number of carbonyl (C=O) groups is 1. The molecule has 0 radical (unpaired) electrons. The Bertz CT molecular complexity index is 277. The quantitative estimate of drug-likeness (QED) is 0.743. The molecule has 2 aliphatic rings. The molecule has 0 aromatic carbocycles. The second-order valence-corrected chi connectivity index (χ2v) is 4.93. The van der Waals surface area contributed by atoms with Crippen molar-refractivity contribution >= 4 is 5.91 Å². The molecule has 2 fully saturated rings. The third-order valence-electron chi connectivity index (χ3n) is 3.88. The van der Waals surface area contributed by atoms with Gasteiger partial charge < -0.3 is 5.32 Å². The van der Waals surface area contributed by atoms with Crippen molar-refractivity contribution in [2.45, 2.75) is 50.7 Å². The first-order valence-corrected chi connectivity index (χ1v) is 5.84. The highest BCUT2D eigenvalue weighted by molar-refractivity contribution is 5.81. The van der Waals surface area contributed by atoms with Crippen LogP contribution in [0.25, 0.3) is 0 Å². The SMILES string of the molecule is O=C(N[C@@H]1CC[C@@H]2CCC[C@@H]2C1)C(F)(F)F. The maximum Gasteiger partial charge on any atom is 0.471 e. The summed E-state index contributed by atoms with van der Waals surface area (Å²) in [5.74, 6) is -0.555. The fourth-order valence-corrected chi connectivity index (χ4v) is 3.10. The lowest BCUT2D eigenvalue weighted by Gasteiger charge is -2.32. The van der Waals surface area contributed by atoms with Crippen LogP contribution in [0.15, 0.2) is 0 Å². The molecular weight excluding hydrogens is 219 g/mol. The van der Waals surface area contributed by atoms with Crippen LogP contribution in [-0.2, 0) is 4.79 Å². The summed E-state index contributed by atoms with van der Waals surface area (Å²) in [5.41, 5.74) is 0. The van der Waals surface area contributed by atoms with Gasteiger partial charge in [-0.25, -0.2) is 0 Å². The molecule has 2 aliphatic carbocycles. The maximum atomic E-state index is 12.1. The predicted molar refractivity (Wildman–Crippen MR) is 52.7 cm³/mol. The molecule has 16 heavy (non-hydrogen) atoms. The first-order valence-electron chi connectivity index (χ1n) is 5.84. The van der Waals surface area contributed by atoms with Crippen LogP contribution in [-0.4, -0.2) is 18.1 Å². The largest absolute Gasteiger partial charge is 0.471 e. The predicted octanol–water partition coefficient (Wildman–Crippen LogP) is 2.63. The van der Waals surface area contributed by atoms with E-state index in [4.69, 9.17) is 0 Å². The van der Waals surface area contributed by atoms with Crippen molar-refractivity contribution in [1.82, 2.24) is 5.32 Å². The smallest absolute Gasteiger partial charge is 0.346 e. The van der Waals surface area contributed by atoms with Gasteiger partial charge in [-0.05, 0) is 31.1 Å². The minimum atomic E-state index is -4.74.